The van der Waals surface area contributed by atoms with Crippen LogP contribution in [-0.4, -0.2) is 86.5 Å². The van der Waals surface area contributed by atoms with E-state index in [1.54, 1.807) is 25.6 Å². The Balaban J connectivity index is 1.42. The van der Waals surface area contributed by atoms with Crippen molar-refractivity contribution in [2.45, 2.75) is 214 Å². The number of carboxylic acid groups (broad SMARTS) is 1. The van der Waals surface area contributed by atoms with E-state index >= 15 is 4.79 Å². The molecule has 368 valence electrons. The van der Waals surface area contributed by atoms with E-state index in [9.17, 15) is 29.1 Å². The topological polar surface area (TPSA) is 169 Å². The van der Waals surface area contributed by atoms with Crippen LogP contribution in [0.3, 0.4) is 0 Å². The van der Waals surface area contributed by atoms with Gasteiger partial charge in [-0.15, -0.1) is 23.5 Å². The Kier molecular flexibility index (Phi) is 19.2. The van der Waals surface area contributed by atoms with Gasteiger partial charge in [-0.05, 0) is 123 Å². The lowest BCUT2D eigenvalue weighted by molar-refractivity contribution is -0.194. The lowest BCUT2D eigenvalue weighted by Crippen LogP contribution is -2.55. The predicted octanol–water partition coefficient (Wildman–Crippen LogP) is 11.0. The molecule has 9 atom stereocenters. The van der Waals surface area contributed by atoms with E-state index in [2.05, 4.69) is 6.92 Å². The molecule has 15 heteroatoms. The molecule has 3 saturated carbocycles. The minimum atomic E-state index is -1.83. The molecule has 0 aromatic heterocycles. The maximum absolute atomic E-state index is 15.1. The summed E-state index contributed by atoms with van der Waals surface area (Å²) in [6.45, 7) is 12.0. The second-order valence-corrected chi connectivity index (χ2v) is 24.7. The smallest absolute Gasteiger partial charge is 0.347 e. The summed E-state index contributed by atoms with van der Waals surface area (Å²) in [7, 11) is 0. The Morgan fingerprint density at radius 3 is 2.00 bits per heavy atom. The number of thioether (sulfide) groups is 2. The van der Waals surface area contributed by atoms with E-state index in [4.69, 9.17) is 35.9 Å². The number of carboxylic acids is 1. The fourth-order valence-corrected chi connectivity index (χ4v) is 13.6. The van der Waals surface area contributed by atoms with Gasteiger partial charge in [-0.3, -0.25) is 24.0 Å². The van der Waals surface area contributed by atoms with Gasteiger partial charge in [-0.1, -0.05) is 83.9 Å². The largest absolute Gasteiger partial charge is 0.481 e. The molecule has 0 aromatic rings. The van der Waals surface area contributed by atoms with Crippen LogP contribution in [0.5, 0.6) is 0 Å². The third-order valence-electron chi connectivity index (χ3n) is 15.8. The van der Waals surface area contributed by atoms with Gasteiger partial charge in [0.25, 0.3) is 0 Å². The van der Waals surface area contributed by atoms with Crippen molar-refractivity contribution in [3.8, 4) is 0 Å². The van der Waals surface area contributed by atoms with Gasteiger partial charge >= 0.3 is 35.8 Å². The van der Waals surface area contributed by atoms with Crippen LogP contribution in [0.2, 0.25) is 0 Å². The number of ether oxygens (including phenoxy) is 5. The van der Waals surface area contributed by atoms with E-state index in [-0.39, 0.29) is 49.4 Å². The number of hydrogen-bond acceptors (Lipinski definition) is 14. The number of hydrogen-bond donors (Lipinski definition) is 1. The van der Waals surface area contributed by atoms with Crippen molar-refractivity contribution < 1.29 is 57.6 Å². The van der Waals surface area contributed by atoms with Crippen molar-refractivity contribution in [3.05, 3.63) is 0 Å². The number of rotatable bonds is 26. The first-order valence-electron chi connectivity index (χ1n) is 24.8. The standard InChI is InChI=1S/C50H78O12S3/c1-8-10-11-12-13-14-15-16-17-20-25-64-45(63)65-32-48(6,43(56)61-38-34-26-33-27-35(29-34)39(51)59-37(38)28-33)30-47(5,42(55)60-36-21-24-58-40(36)52)31-49(7,46(3,4)41(53)54)44(57)62-50(9-2)22-18-19-23-50/h33-38H,8-32H2,1-7H3,(H,53,54). The molecule has 6 fully saturated rings. The summed E-state index contributed by atoms with van der Waals surface area (Å²) in [5.74, 6) is -3.51. The zero-order valence-electron chi connectivity index (χ0n) is 40.3. The first kappa shape index (κ1) is 53.6. The van der Waals surface area contributed by atoms with Crippen LogP contribution < -0.4 is 0 Å². The molecule has 9 unspecified atom stereocenters. The van der Waals surface area contributed by atoms with Crippen molar-refractivity contribution in [1.29, 1.82) is 0 Å². The molecule has 0 spiro atoms. The molecule has 12 nitrogen and oxygen atoms in total. The molecule has 6 aliphatic rings. The van der Waals surface area contributed by atoms with Gasteiger partial charge in [0, 0.05) is 18.1 Å². The van der Waals surface area contributed by atoms with Gasteiger partial charge in [0.1, 0.15) is 21.3 Å². The van der Waals surface area contributed by atoms with E-state index in [1.165, 1.54) is 83.9 Å². The van der Waals surface area contributed by atoms with E-state index in [0.29, 0.717) is 41.6 Å². The fraction of sp³-hybridized carbons (Fsp3) is 0.860. The lowest BCUT2D eigenvalue weighted by Gasteiger charge is -2.47. The molecule has 3 aliphatic carbocycles. The van der Waals surface area contributed by atoms with Gasteiger partial charge < -0.3 is 28.8 Å². The molecular formula is C50H78O12S3. The number of unbranched alkanes of at least 4 members (excludes halogenated alkanes) is 9. The summed E-state index contributed by atoms with van der Waals surface area (Å²) in [6.07, 6.45) is 15.6. The van der Waals surface area contributed by atoms with Crippen LogP contribution in [0.15, 0.2) is 0 Å². The highest BCUT2D eigenvalue weighted by Crippen LogP contribution is 2.55. The molecule has 3 heterocycles. The first-order valence-corrected chi connectivity index (χ1v) is 27.1. The third kappa shape index (κ3) is 13.2. The molecule has 1 N–H and O–H groups in total. The van der Waals surface area contributed by atoms with E-state index in [1.807, 2.05) is 6.92 Å². The molecule has 0 amide bonds. The Hall–Kier alpha value is -2.39. The number of carbonyl (C=O) groups excluding carboxylic acids is 5. The SMILES string of the molecule is CCCCCCCCCCCCSC(=S)SCC(C)(CC(C)(CC(C)(C(=O)OC1(CC)CCCC1)C(C)(C)C(=O)O)C(=O)OC1CCOC1=O)C(=O)OC1C2CC3CC(C2)C(=O)OC1C3. The Bertz CT molecular complexity index is 1710. The zero-order valence-corrected chi connectivity index (χ0v) is 42.8. The zero-order chi connectivity index (χ0) is 47.6. The summed E-state index contributed by atoms with van der Waals surface area (Å²) in [5, 5.41) is 10.8. The summed E-state index contributed by atoms with van der Waals surface area (Å²) in [4.78, 5) is 83.8. The maximum atomic E-state index is 15.1. The van der Waals surface area contributed by atoms with Gasteiger partial charge in [0.05, 0.1) is 34.2 Å². The molecule has 65 heavy (non-hydrogen) atoms. The van der Waals surface area contributed by atoms with Crippen LogP contribution in [-0.2, 0) is 52.5 Å². The van der Waals surface area contributed by atoms with Crippen LogP contribution in [0.1, 0.15) is 190 Å². The summed E-state index contributed by atoms with van der Waals surface area (Å²) in [6, 6.07) is 0. The average molecular weight is 967 g/mol. The quantitative estimate of drug-likeness (QED) is 0.0376. The molecule has 0 aromatic carbocycles. The van der Waals surface area contributed by atoms with Crippen LogP contribution in [0.4, 0.5) is 0 Å². The molecule has 3 saturated heterocycles. The fourth-order valence-electron chi connectivity index (χ4n) is 11.2. The highest BCUT2D eigenvalue weighted by atomic mass is 32.2. The van der Waals surface area contributed by atoms with Crippen LogP contribution >= 0.6 is 35.7 Å². The Morgan fingerprint density at radius 2 is 1.40 bits per heavy atom. The normalized spacial score (nSPS) is 27.4. The average Bonchev–Trinajstić information content (AvgIpc) is 3.86. The molecular weight excluding hydrogens is 889 g/mol. The molecule has 3 aliphatic heterocycles. The number of carbonyl (C=O) groups is 6. The van der Waals surface area contributed by atoms with Crippen molar-refractivity contribution >= 4 is 75.1 Å². The van der Waals surface area contributed by atoms with E-state index < -0.39 is 75.4 Å². The van der Waals surface area contributed by atoms with Crippen molar-refractivity contribution in [1.82, 2.24) is 0 Å². The Morgan fingerprint density at radius 1 is 0.769 bits per heavy atom. The lowest BCUT2D eigenvalue weighted by atomic mass is 9.57. The molecule has 4 bridgehead atoms. The van der Waals surface area contributed by atoms with Gasteiger partial charge in [-0.25, -0.2) is 4.79 Å². The number of esters is 5. The Labute approximate surface area is 402 Å². The summed E-state index contributed by atoms with van der Waals surface area (Å²) < 4.78 is 30.5. The molecule has 0 radical (unpaired) electrons. The van der Waals surface area contributed by atoms with Crippen molar-refractivity contribution in [2.75, 3.05) is 18.1 Å². The summed E-state index contributed by atoms with van der Waals surface area (Å²) in [5.41, 5.74) is -7.61. The van der Waals surface area contributed by atoms with Crippen molar-refractivity contribution in [3.63, 3.8) is 0 Å². The van der Waals surface area contributed by atoms with E-state index in [0.717, 1.165) is 44.3 Å². The van der Waals surface area contributed by atoms with Crippen LogP contribution in [0.25, 0.3) is 0 Å². The molecule has 6 rings (SSSR count). The second-order valence-electron chi connectivity index (χ2n) is 21.4. The third-order valence-corrected chi connectivity index (χ3v) is 18.9. The van der Waals surface area contributed by atoms with Gasteiger partial charge in [-0.2, -0.15) is 0 Å². The highest BCUT2D eigenvalue weighted by Gasteiger charge is 2.61. The number of fused-ring (bicyclic) bond motifs is 1. The van der Waals surface area contributed by atoms with Gasteiger partial charge in [0.15, 0.2) is 0 Å². The number of aliphatic carboxylic acids is 1. The number of cyclic esters (lactones) is 1. The predicted molar refractivity (Wildman–Crippen MR) is 256 cm³/mol. The van der Waals surface area contributed by atoms with Crippen molar-refractivity contribution in [2.24, 2.45) is 39.4 Å². The highest BCUT2D eigenvalue weighted by molar-refractivity contribution is 8.47. The van der Waals surface area contributed by atoms with Gasteiger partial charge in [0.2, 0.25) is 6.10 Å². The monoisotopic (exact) mass is 966 g/mol. The summed E-state index contributed by atoms with van der Waals surface area (Å²) >= 11 is 8.78. The van der Waals surface area contributed by atoms with Crippen LogP contribution in [0, 0.1) is 39.4 Å². The minimum Gasteiger partial charge on any atom is -0.481 e. The second kappa shape index (κ2) is 23.3. The first-order chi connectivity index (χ1) is 30.7. The maximum Gasteiger partial charge on any atom is 0.347 e. The minimum absolute atomic E-state index is 0.0631. The number of thiocarbonyl (C=S) groups is 1.